The second-order valence-corrected chi connectivity index (χ2v) is 3.06. The molecule has 0 spiro atoms. The van der Waals surface area contributed by atoms with Crippen molar-refractivity contribution in [2.75, 3.05) is 7.11 Å². The molecule has 0 aromatic rings. The Morgan fingerprint density at radius 1 is 1.45 bits per heavy atom. The molecule has 3 heteroatoms. The Labute approximate surface area is 67.4 Å². The van der Waals surface area contributed by atoms with Gasteiger partial charge in [-0.15, -0.1) is 0 Å². The minimum atomic E-state index is 0.323. The molecule has 0 heterocycles. The van der Waals surface area contributed by atoms with Gasteiger partial charge in [0.05, 0.1) is 17.9 Å². The molecular weight excluding hydrogens is 142 g/mol. The number of rotatable bonds is 3. The van der Waals surface area contributed by atoms with E-state index < -0.39 is 0 Å². The lowest BCUT2D eigenvalue weighted by atomic mass is 9.93. The molecule has 1 aliphatic carbocycles. The van der Waals surface area contributed by atoms with Crippen molar-refractivity contribution in [3.05, 3.63) is 0 Å². The Balaban J connectivity index is 2.14. The molecule has 1 saturated carbocycles. The Morgan fingerprint density at radius 2 is 2.09 bits per heavy atom. The van der Waals surface area contributed by atoms with Gasteiger partial charge in [-0.1, -0.05) is 5.16 Å². The van der Waals surface area contributed by atoms with Crippen molar-refractivity contribution >= 4 is 5.71 Å². The summed E-state index contributed by atoms with van der Waals surface area (Å²) in [6.07, 6.45) is 2.57. The number of hydrogen-bond acceptors (Lipinski definition) is 3. The molecule has 0 atom stereocenters. The van der Waals surface area contributed by atoms with Crippen LogP contribution in [0.15, 0.2) is 5.16 Å². The first-order chi connectivity index (χ1) is 5.22. The summed E-state index contributed by atoms with van der Waals surface area (Å²) < 4.78 is 5.53. The van der Waals surface area contributed by atoms with Crippen LogP contribution in [0, 0.1) is 0 Å². The van der Waals surface area contributed by atoms with Crippen LogP contribution in [0.4, 0.5) is 0 Å². The van der Waals surface area contributed by atoms with Gasteiger partial charge < -0.3 is 9.57 Å². The molecule has 3 nitrogen and oxygen atoms in total. The fourth-order valence-corrected chi connectivity index (χ4v) is 1.15. The van der Waals surface area contributed by atoms with E-state index in [4.69, 9.17) is 4.74 Å². The highest BCUT2D eigenvalue weighted by atomic mass is 16.6. The molecule has 0 aromatic heterocycles. The first-order valence-electron chi connectivity index (χ1n) is 3.96. The minimum Gasteiger partial charge on any atom is -0.399 e. The number of ether oxygens (including phenoxy) is 1. The molecule has 0 bridgehead atoms. The van der Waals surface area contributed by atoms with Crippen molar-refractivity contribution in [3.8, 4) is 0 Å². The summed E-state index contributed by atoms with van der Waals surface area (Å²) in [5, 5.41) is 3.82. The van der Waals surface area contributed by atoms with Crippen LogP contribution in [0.25, 0.3) is 0 Å². The molecule has 0 N–H and O–H groups in total. The second-order valence-electron chi connectivity index (χ2n) is 3.06. The highest BCUT2D eigenvalue weighted by molar-refractivity contribution is 5.90. The Hall–Kier alpha value is -0.570. The molecular formula is C8H15NO2. The van der Waals surface area contributed by atoms with E-state index in [1.807, 2.05) is 13.8 Å². The SMILES string of the molecule is CON=C1CC(OC(C)C)C1. The van der Waals surface area contributed by atoms with Crippen LogP contribution in [-0.4, -0.2) is 25.0 Å². The Bertz CT molecular complexity index is 146. The van der Waals surface area contributed by atoms with E-state index in [1.165, 1.54) is 0 Å². The van der Waals surface area contributed by atoms with E-state index in [-0.39, 0.29) is 0 Å². The lowest BCUT2D eigenvalue weighted by Gasteiger charge is -2.28. The van der Waals surface area contributed by atoms with E-state index in [0.29, 0.717) is 12.2 Å². The summed E-state index contributed by atoms with van der Waals surface area (Å²) in [7, 11) is 1.57. The molecule has 0 radical (unpaired) electrons. The maximum absolute atomic E-state index is 5.53. The topological polar surface area (TPSA) is 30.8 Å². The largest absolute Gasteiger partial charge is 0.399 e. The predicted octanol–water partition coefficient (Wildman–Crippen LogP) is 1.58. The molecule has 11 heavy (non-hydrogen) atoms. The number of oxime groups is 1. The van der Waals surface area contributed by atoms with Gasteiger partial charge in [0.1, 0.15) is 7.11 Å². The van der Waals surface area contributed by atoms with Gasteiger partial charge >= 0.3 is 0 Å². The zero-order valence-electron chi connectivity index (χ0n) is 7.33. The smallest absolute Gasteiger partial charge is 0.106 e. The van der Waals surface area contributed by atoms with Crippen LogP contribution in [0.2, 0.25) is 0 Å². The van der Waals surface area contributed by atoms with Gasteiger partial charge in [-0.05, 0) is 13.8 Å². The Morgan fingerprint density at radius 3 is 2.55 bits per heavy atom. The van der Waals surface area contributed by atoms with Crippen molar-refractivity contribution in [1.29, 1.82) is 0 Å². The van der Waals surface area contributed by atoms with Gasteiger partial charge in [0.15, 0.2) is 0 Å². The Kier molecular flexibility index (Phi) is 2.88. The van der Waals surface area contributed by atoms with Gasteiger partial charge in [-0.3, -0.25) is 0 Å². The first-order valence-corrected chi connectivity index (χ1v) is 3.96. The lowest BCUT2D eigenvalue weighted by molar-refractivity contribution is 0.000841. The first kappa shape index (κ1) is 8.53. The van der Waals surface area contributed by atoms with Crippen LogP contribution < -0.4 is 0 Å². The molecule has 0 aliphatic heterocycles. The molecule has 1 aliphatic rings. The molecule has 1 fully saturated rings. The third kappa shape index (κ3) is 2.50. The van der Waals surface area contributed by atoms with Crippen LogP contribution in [0.5, 0.6) is 0 Å². The van der Waals surface area contributed by atoms with E-state index in [0.717, 1.165) is 18.6 Å². The van der Waals surface area contributed by atoms with E-state index in [1.54, 1.807) is 7.11 Å². The number of hydrogen-bond donors (Lipinski definition) is 0. The van der Waals surface area contributed by atoms with Crippen molar-refractivity contribution in [1.82, 2.24) is 0 Å². The van der Waals surface area contributed by atoms with Crippen molar-refractivity contribution in [2.45, 2.75) is 38.9 Å². The highest BCUT2D eigenvalue weighted by Crippen LogP contribution is 2.21. The van der Waals surface area contributed by atoms with Crippen molar-refractivity contribution in [2.24, 2.45) is 5.16 Å². The zero-order valence-corrected chi connectivity index (χ0v) is 7.33. The average molecular weight is 157 g/mol. The maximum Gasteiger partial charge on any atom is 0.106 e. The molecule has 1 rings (SSSR count). The van der Waals surface area contributed by atoms with Gasteiger partial charge in [0.25, 0.3) is 0 Å². The minimum absolute atomic E-state index is 0.323. The molecule has 64 valence electrons. The molecule has 0 aromatic carbocycles. The summed E-state index contributed by atoms with van der Waals surface area (Å²) in [5.74, 6) is 0. The summed E-state index contributed by atoms with van der Waals surface area (Å²) in [6.45, 7) is 4.09. The normalized spacial score (nSPS) is 23.3. The van der Waals surface area contributed by atoms with Crippen LogP contribution in [0.3, 0.4) is 0 Å². The lowest BCUT2D eigenvalue weighted by Crippen LogP contribution is -2.33. The van der Waals surface area contributed by atoms with E-state index >= 15 is 0 Å². The fraction of sp³-hybridized carbons (Fsp3) is 0.875. The van der Waals surface area contributed by atoms with Gasteiger partial charge in [-0.2, -0.15) is 0 Å². The molecule has 0 amide bonds. The monoisotopic (exact) mass is 157 g/mol. The summed E-state index contributed by atoms with van der Waals surface area (Å²) in [6, 6.07) is 0. The van der Waals surface area contributed by atoms with Crippen LogP contribution >= 0.6 is 0 Å². The number of nitrogens with zero attached hydrogens (tertiary/aromatic N) is 1. The quantitative estimate of drug-likeness (QED) is 0.582. The van der Waals surface area contributed by atoms with Crippen molar-refractivity contribution < 1.29 is 9.57 Å². The van der Waals surface area contributed by atoms with Crippen LogP contribution in [-0.2, 0) is 9.57 Å². The second kappa shape index (κ2) is 3.72. The zero-order chi connectivity index (χ0) is 8.27. The van der Waals surface area contributed by atoms with Gasteiger partial charge in [-0.25, -0.2) is 0 Å². The maximum atomic E-state index is 5.53. The van der Waals surface area contributed by atoms with E-state index in [9.17, 15) is 0 Å². The summed E-state index contributed by atoms with van der Waals surface area (Å²) >= 11 is 0. The van der Waals surface area contributed by atoms with Gasteiger partial charge in [0, 0.05) is 12.8 Å². The predicted molar refractivity (Wildman–Crippen MR) is 43.7 cm³/mol. The highest BCUT2D eigenvalue weighted by Gasteiger charge is 2.26. The van der Waals surface area contributed by atoms with Crippen LogP contribution in [0.1, 0.15) is 26.7 Å². The third-order valence-electron chi connectivity index (χ3n) is 1.61. The fourth-order valence-electron chi connectivity index (χ4n) is 1.15. The van der Waals surface area contributed by atoms with Crippen molar-refractivity contribution in [3.63, 3.8) is 0 Å². The average Bonchev–Trinajstić information content (AvgIpc) is 1.82. The standard InChI is InChI=1S/C8H15NO2/c1-6(2)11-8-4-7(5-8)9-10-3/h6,8H,4-5H2,1-3H3. The van der Waals surface area contributed by atoms with E-state index in [2.05, 4.69) is 9.99 Å². The molecule has 0 saturated heterocycles. The third-order valence-corrected chi connectivity index (χ3v) is 1.61. The summed E-state index contributed by atoms with van der Waals surface area (Å²) in [5.41, 5.74) is 1.11. The van der Waals surface area contributed by atoms with Gasteiger partial charge in [0.2, 0.25) is 0 Å². The summed E-state index contributed by atoms with van der Waals surface area (Å²) in [4.78, 5) is 4.63. The molecule has 0 unspecified atom stereocenters.